The number of rotatable bonds is 6. The van der Waals surface area contributed by atoms with Crippen LogP contribution in [0.2, 0.25) is 0 Å². The smallest absolute Gasteiger partial charge is 0.249 e. The zero-order chi connectivity index (χ0) is 16.4. The van der Waals surface area contributed by atoms with E-state index in [9.17, 15) is 9.59 Å². The van der Waals surface area contributed by atoms with Gasteiger partial charge in [-0.25, -0.2) is 0 Å². The minimum atomic E-state index is -0.220. The molecule has 0 bridgehead atoms. The third-order valence-electron chi connectivity index (χ3n) is 3.81. The molecule has 0 spiro atoms. The van der Waals surface area contributed by atoms with E-state index in [4.69, 9.17) is 0 Å². The molecule has 0 unspecified atom stereocenters. The molecule has 3 rings (SSSR count). The van der Waals surface area contributed by atoms with Crippen molar-refractivity contribution in [3.63, 3.8) is 0 Å². The number of hydrogen-bond donors (Lipinski definition) is 3. The van der Waals surface area contributed by atoms with E-state index in [1.165, 1.54) is 4.88 Å². The SMILES string of the molecule is Cc1ccc(-c2nc(NC(=O)CCNC(=O)[C@@H]3C[C@H]3C)n[nH]2)s1. The summed E-state index contributed by atoms with van der Waals surface area (Å²) in [7, 11) is 0. The highest BCUT2D eigenvalue weighted by molar-refractivity contribution is 7.15. The Morgan fingerprint density at radius 3 is 2.87 bits per heavy atom. The first-order valence-electron chi connectivity index (χ1n) is 7.59. The van der Waals surface area contributed by atoms with Gasteiger partial charge in [0.2, 0.25) is 17.8 Å². The summed E-state index contributed by atoms with van der Waals surface area (Å²) in [5.41, 5.74) is 0. The molecule has 0 aliphatic heterocycles. The fourth-order valence-corrected chi connectivity index (χ4v) is 3.10. The number of aryl methyl sites for hydroxylation is 1. The second-order valence-corrected chi connectivity index (χ2v) is 7.11. The Kier molecular flexibility index (Phi) is 4.42. The first-order chi connectivity index (χ1) is 11.0. The van der Waals surface area contributed by atoms with Crippen LogP contribution in [0.3, 0.4) is 0 Å². The van der Waals surface area contributed by atoms with Gasteiger partial charge in [-0.2, -0.15) is 4.98 Å². The van der Waals surface area contributed by atoms with E-state index in [1.54, 1.807) is 11.3 Å². The van der Waals surface area contributed by atoms with Crippen molar-refractivity contribution in [2.45, 2.75) is 26.7 Å². The number of carbonyl (C=O) groups is 2. The molecule has 122 valence electrons. The maximum atomic E-state index is 11.8. The van der Waals surface area contributed by atoms with Crippen molar-refractivity contribution in [2.24, 2.45) is 11.8 Å². The summed E-state index contributed by atoms with van der Waals surface area (Å²) >= 11 is 1.60. The van der Waals surface area contributed by atoms with Crippen LogP contribution in [0.25, 0.3) is 10.7 Å². The molecule has 0 aromatic carbocycles. The molecule has 0 radical (unpaired) electrons. The zero-order valence-electron chi connectivity index (χ0n) is 13.0. The molecule has 2 aromatic rings. The number of nitrogens with one attached hydrogen (secondary N) is 3. The van der Waals surface area contributed by atoms with Crippen LogP contribution in [0.1, 0.15) is 24.6 Å². The predicted molar refractivity (Wildman–Crippen MR) is 88.0 cm³/mol. The monoisotopic (exact) mass is 333 g/mol. The van der Waals surface area contributed by atoms with Crippen LogP contribution >= 0.6 is 11.3 Å². The molecular formula is C15H19N5O2S. The number of thiophene rings is 1. The molecule has 3 N–H and O–H groups in total. The summed E-state index contributed by atoms with van der Waals surface area (Å²) in [4.78, 5) is 29.9. The minimum absolute atomic E-state index is 0.0403. The van der Waals surface area contributed by atoms with Gasteiger partial charge in [0.25, 0.3) is 0 Å². The Morgan fingerprint density at radius 1 is 1.43 bits per heavy atom. The van der Waals surface area contributed by atoms with Crippen LogP contribution in [-0.2, 0) is 9.59 Å². The molecule has 2 heterocycles. The molecule has 7 nitrogen and oxygen atoms in total. The summed E-state index contributed by atoms with van der Waals surface area (Å²) in [6, 6.07) is 3.96. The van der Waals surface area contributed by atoms with Crippen molar-refractivity contribution in [1.29, 1.82) is 0 Å². The van der Waals surface area contributed by atoms with E-state index in [-0.39, 0.29) is 30.1 Å². The lowest BCUT2D eigenvalue weighted by molar-refractivity contribution is -0.122. The number of anilines is 1. The van der Waals surface area contributed by atoms with E-state index >= 15 is 0 Å². The van der Waals surface area contributed by atoms with Gasteiger partial charge in [-0.1, -0.05) is 6.92 Å². The molecule has 23 heavy (non-hydrogen) atoms. The molecule has 1 fully saturated rings. The molecule has 1 saturated carbocycles. The van der Waals surface area contributed by atoms with Crippen molar-refractivity contribution < 1.29 is 9.59 Å². The van der Waals surface area contributed by atoms with Gasteiger partial charge in [0, 0.05) is 23.8 Å². The van der Waals surface area contributed by atoms with E-state index in [2.05, 4.69) is 25.8 Å². The van der Waals surface area contributed by atoms with Gasteiger partial charge in [0.05, 0.1) is 4.88 Å². The van der Waals surface area contributed by atoms with Crippen LogP contribution in [0.5, 0.6) is 0 Å². The average Bonchev–Trinajstić information content (AvgIpc) is 2.88. The van der Waals surface area contributed by atoms with E-state index < -0.39 is 0 Å². The molecular weight excluding hydrogens is 314 g/mol. The fraction of sp³-hybridized carbons (Fsp3) is 0.467. The number of aromatic nitrogens is 3. The van der Waals surface area contributed by atoms with Crippen LogP contribution in [-0.4, -0.2) is 33.5 Å². The van der Waals surface area contributed by atoms with Gasteiger partial charge in [0.15, 0.2) is 5.82 Å². The van der Waals surface area contributed by atoms with Crippen molar-refractivity contribution in [2.75, 3.05) is 11.9 Å². The number of nitrogens with zero attached hydrogens (tertiary/aromatic N) is 2. The van der Waals surface area contributed by atoms with E-state index in [0.717, 1.165) is 11.3 Å². The summed E-state index contributed by atoms with van der Waals surface area (Å²) in [6.45, 7) is 4.39. The lowest BCUT2D eigenvalue weighted by atomic mass is 10.3. The second-order valence-electron chi connectivity index (χ2n) is 5.83. The molecule has 2 amide bonds. The summed E-state index contributed by atoms with van der Waals surface area (Å²) in [5.74, 6) is 1.30. The highest BCUT2D eigenvalue weighted by atomic mass is 32.1. The number of carbonyl (C=O) groups excluding carboxylic acids is 2. The topological polar surface area (TPSA) is 99.8 Å². The lowest BCUT2D eigenvalue weighted by Gasteiger charge is -2.03. The molecule has 8 heteroatoms. The first-order valence-corrected chi connectivity index (χ1v) is 8.41. The summed E-state index contributed by atoms with van der Waals surface area (Å²) < 4.78 is 0. The normalized spacial score (nSPS) is 19.4. The van der Waals surface area contributed by atoms with E-state index in [1.807, 2.05) is 26.0 Å². The van der Waals surface area contributed by atoms with Crippen LogP contribution in [0.15, 0.2) is 12.1 Å². The highest BCUT2D eigenvalue weighted by Gasteiger charge is 2.38. The molecule has 1 aliphatic rings. The summed E-state index contributed by atoms with van der Waals surface area (Å²) in [5, 5.41) is 12.2. The first kappa shape index (κ1) is 15.7. The van der Waals surface area contributed by atoms with Crippen LogP contribution in [0.4, 0.5) is 5.95 Å². The third-order valence-corrected chi connectivity index (χ3v) is 4.82. The van der Waals surface area contributed by atoms with Gasteiger partial charge in [-0.15, -0.1) is 16.4 Å². The van der Waals surface area contributed by atoms with Crippen molar-refractivity contribution in [1.82, 2.24) is 20.5 Å². The van der Waals surface area contributed by atoms with Crippen LogP contribution < -0.4 is 10.6 Å². The van der Waals surface area contributed by atoms with Gasteiger partial charge < -0.3 is 5.32 Å². The Bertz CT molecular complexity index is 723. The fourth-order valence-electron chi connectivity index (χ4n) is 2.29. The van der Waals surface area contributed by atoms with Gasteiger partial charge in [0.1, 0.15) is 0 Å². The zero-order valence-corrected chi connectivity index (χ0v) is 13.9. The number of aromatic amines is 1. The molecule has 2 atom stereocenters. The number of amides is 2. The maximum absolute atomic E-state index is 11.8. The minimum Gasteiger partial charge on any atom is -0.355 e. The van der Waals surface area contributed by atoms with Gasteiger partial charge >= 0.3 is 0 Å². The second kappa shape index (κ2) is 6.49. The largest absolute Gasteiger partial charge is 0.355 e. The molecule has 2 aromatic heterocycles. The van der Waals surface area contributed by atoms with Crippen LogP contribution in [0, 0.1) is 18.8 Å². The number of H-pyrrole nitrogens is 1. The average molecular weight is 333 g/mol. The maximum Gasteiger partial charge on any atom is 0.249 e. The molecule has 0 saturated heterocycles. The van der Waals surface area contributed by atoms with Crippen molar-refractivity contribution in [3.8, 4) is 10.7 Å². The molecule has 1 aliphatic carbocycles. The standard InChI is InChI=1S/C15H19N5O2S/c1-8-7-10(8)14(22)16-6-5-12(21)17-15-18-13(19-20-15)11-4-3-9(2)23-11/h3-4,8,10H,5-7H2,1-2H3,(H,16,22)(H2,17,18,19,20,21)/t8-,10-/m1/s1. The quantitative estimate of drug-likeness (QED) is 0.752. The lowest BCUT2D eigenvalue weighted by Crippen LogP contribution is -2.29. The number of hydrogen-bond acceptors (Lipinski definition) is 5. The van der Waals surface area contributed by atoms with Crippen molar-refractivity contribution >= 4 is 29.1 Å². The predicted octanol–water partition coefficient (Wildman–Crippen LogP) is 1.94. The Morgan fingerprint density at radius 2 is 2.22 bits per heavy atom. The van der Waals surface area contributed by atoms with Crippen molar-refractivity contribution in [3.05, 3.63) is 17.0 Å². The third kappa shape index (κ3) is 3.95. The summed E-state index contributed by atoms with van der Waals surface area (Å²) in [6.07, 6.45) is 1.15. The Balaban J connectivity index is 1.45. The highest BCUT2D eigenvalue weighted by Crippen LogP contribution is 2.37. The Hall–Kier alpha value is -2.22. The van der Waals surface area contributed by atoms with Gasteiger partial charge in [-0.3, -0.25) is 20.0 Å². The van der Waals surface area contributed by atoms with E-state index in [0.29, 0.717) is 18.3 Å². The Labute approximate surface area is 137 Å². The van der Waals surface area contributed by atoms with Gasteiger partial charge in [-0.05, 0) is 31.4 Å².